The third-order valence-electron chi connectivity index (χ3n) is 5.53. The van der Waals surface area contributed by atoms with E-state index in [0.29, 0.717) is 31.1 Å². The summed E-state index contributed by atoms with van der Waals surface area (Å²) in [5.41, 5.74) is 4.75. The molecule has 0 bridgehead atoms. The largest absolute Gasteiger partial charge is 0.453 e. The van der Waals surface area contributed by atoms with Crippen LogP contribution in [0.5, 0.6) is 0 Å². The maximum absolute atomic E-state index is 12.3. The van der Waals surface area contributed by atoms with Gasteiger partial charge < -0.3 is 24.1 Å². The summed E-state index contributed by atoms with van der Waals surface area (Å²) in [7, 11) is 3.02. The van der Waals surface area contributed by atoms with E-state index in [1.54, 1.807) is 11.9 Å². The van der Waals surface area contributed by atoms with Gasteiger partial charge in [0.15, 0.2) is 0 Å². The van der Waals surface area contributed by atoms with Gasteiger partial charge in [-0.2, -0.15) is 0 Å². The van der Waals surface area contributed by atoms with Gasteiger partial charge in [-0.3, -0.25) is 4.79 Å². The molecule has 1 atom stereocenters. The van der Waals surface area contributed by atoms with E-state index in [1.807, 2.05) is 38.2 Å². The zero-order chi connectivity index (χ0) is 22.1. The lowest BCUT2D eigenvalue weighted by molar-refractivity contribution is -0.00441. The third-order valence-corrected chi connectivity index (χ3v) is 6.77. The number of amides is 2. The summed E-state index contributed by atoms with van der Waals surface area (Å²) < 4.78 is 12.7. The average molecular weight is 443 g/mol. The number of aromatic nitrogens is 2. The van der Waals surface area contributed by atoms with E-state index in [0.717, 1.165) is 33.0 Å². The monoisotopic (exact) mass is 442 g/mol. The highest BCUT2D eigenvalue weighted by Crippen LogP contribution is 2.35. The van der Waals surface area contributed by atoms with E-state index >= 15 is 0 Å². The van der Waals surface area contributed by atoms with Gasteiger partial charge in [-0.1, -0.05) is 0 Å². The molecule has 164 valence electrons. The number of rotatable bonds is 4. The number of carbonyl (C=O) groups excluding carboxylic acids is 2. The van der Waals surface area contributed by atoms with E-state index in [-0.39, 0.29) is 18.0 Å². The molecule has 1 fully saturated rings. The first-order valence-corrected chi connectivity index (χ1v) is 11.0. The zero-order valence-corrected chi connectivity index (χ0v) is 18.9. The Labute approximate surface area is 184 Å². The number of hydrogen-bond acceptors (Lipinski definition) is 6. The molecule has 0 aliphatic carbocycles. The molecule has 9 heteroatoms. The number of methoxy groups -OCH3 is 1. The van der Waals surface area contributed by atoms with Gasteiger partial charge in [-0.05, 0) is 43.2 Å². The summed E-state index contributed by atoms with van der Waals surface area (Å²) in [6.45, 7) is 5.43. The van der Waals surface area contributed by atoms with Crippen molar-refractivity contribution in [2.45, 2.75) is 26.3 Å². The third kappa shape index (κ3) is 4.03. The van der Waals surface area contributed by atoms with Gasteiger partial charge in [0.2, 0.25) is 0 Å². The second kappa shape index (κ2) is 8.68. The Morgan fingerprint density at radius 1 is 1.35 bits per heavy atom. The van der Waals surface area contributed by atoms with Gasteiger partial charge in [-0.25, -0.2) is 9.78 Å². The fraction of sp³-hybridized carbons (Fsp3) is 0.409. The van der Waals surface area contributed by atoms with Gasteiger partial charge in [0.25, 0.3) is 5.91 Å². The van der Waals surface area contributed by atoms with Crippen molar-refractivity contribution in [2.24, 2.45) is 0 Å². The number of hydrogen-bond donors (Lipinski definition) is 1. The molecule has 0 spiro atoms. The molecular formula is C22H26N4O4S. The molecule has 1 saturated heterocycles. The molecule has 1 aliphatic heterocycles. The maximum atomic E-state index is 12.3. The summed E-state index contributed by atoms with van der Waals surface area (Å²) in [6, 6.07) is 5.79. The Morgan fingerprint density at radius 3 is 2.90 bits per heavy atom. The number of nitrogens with zero attached hydrogens (tertiary/aromatic N) is 3. The highest BCUT2D eigenvalue weighted by atomic mass is 32.1. The van der Waals surface area contributed by atoms with E-state index in [2.05, 4.69) is 9.72 Å². The fourth-order valence-corrected chi connectivity index (χ4v) is 5.06. The van der Waals surface area contributed by atoms with Gasteiger partial charge in [-0.15, -0.1) is 11.3 Å². The number of nitrogens with one attached hydrogen (secondary N) is 1. The van der Waals surface area contributed by atoms with E-state index in [4.69, 9.17) is 14.5 Å². The molecule has 3 aromatic rings. The zero-order valence-electron chi connectivity index (χ0n) is 18.1. The first-order chi connectivity index (χ1) is 14.9. The first kappa shape index (κ1) is 21.3. The number of imidazole rings is 1. The predicted molar refractivity (Wildman–Crippen MR) is 119 cm³/mol. The molecular weight excluding hydrogens is 416 g/mol. The Morgan fingerprint density at radius 2 is 2.16 bits per heavy atom. The Hall–Kier alpha value is -2.91. The predicted octanol–water partition coefficient (Wildman–Crippen LogP) is 3.05. The lowest BCUT2D eigenvalue weighted by Gasteiger charge is -2.34. The summed E-state index contributed by atoms with van der Waals surface area (Å²) >= 11 is 1.43. The number of pyridine rings is 1. The van der Waals surface area contributed by atoms with Crippen molar-refractivity contribution in [2.75, 3.05) is 33.9 Å². The second-order valence-corrected chi connectivity index (χ2v) is 8.69. The first-order valence-electron chi connectivity index (χ1n) is 10.2. The van der Waals surface area contributed by atoms with Gasteiger partial charge in [0.1, 0.15) is 11.3 Å². The lowest BCUT2D eigenvalue weighted by Crippen LogP contribution is -2.49. The van der Waals surface area contributed by atoms with Crippen LogP contribution in [-0.2, 0) is 15.9 Å². The smallest absolute Gasteiger partial charge is 0.409 e. The number of carbonyl (C=O) groups is 2. The molecule has 31 heavy (non-hydrogen) atoms. The number of fused-ring (bicyclic) bond motifs is 1. The van der Waals surface area contributed by atoms with Crippen molar-refractivity contribution in [3.63, 3.8) is 0 Å². The van der Waals surface area contributed by atoms with Crippen LogP contribution in [0, 0.1) is 13.8 Å². The second-order valence-electron chi connectivity index (χ2n) is 7.64. The van der Waals surface area contributed by atoms with Crippen molar-refractivity contribution < 1.29 is 19.1 Å². The van der Waals surface area contributed by atoms with E-state index < -0.39 is 0 Å². The Kier molecular flexibility index (Phi) is 5.97. The Bertz CT molecular complexity index is 1140. The molecule has 0 saturated carbocycles. The van der Waals surface area contributed by atoms with Crippen LogP contribution in [0.25, 0.3) is 16.2 Å². The standard InChI is InChI=1S/C22H26N4O4S/c1-13-5-6-26-16(11-15-12-30-8-7-25(15)22(28)29-4)19(24-18(26)9-13)20-14(2)10-17(31-20)21(27)23-3/h5-6,9-10,15H,7-8,11-12H2,1-4H3,(H,23,27). The van der Waals surface area contributed by atoms with Gasteiger partial charge >= 0.3 is 6.09 Å². The molecule has 3 aromatic heterocycles. The van der Waals surface area contributed by atoms with Crippen LogP contribution in [0.1, 0.15) is 26.5 Å². The average Bonchev–Trinajstić information content (AvgIpc) is 3.32. The molecule has 8 nitrogen and oxygen atoms in total. The molecule has 1 N–H and O–H groups in total. The SMILES string of the molecule is CNC(=O)c1cc(C)c(-c2nc3cc(C)ccn3c2CC2COCCN2C(=O)OC)s1. The number of aryl methyl sites for hydroxylation is 2. The highest BCUT2D eigenvalue weighted by Gasteiger charge is 2.31. The quantitative estimate of drug-likeness (QED) is 0.671. The molecule has 2 amide bonds. The minimum absolute atomic E-state index is 0.113. The van der Waals surface area contributed by atoms with Crippen LogP contribution in [0.4, 0.5) is 4.79 Å². The molecule has 1 aliphatic rings. The van der Waals surface area contributed by atoms with E-state index in [9.17, 15) is 9.59 Å². The number of ether oxygens (including phenoxy) is 2. The van der Waals surface area contributed by atoms with Crippen LogP contribution in [0.2, 0.25) is 0 Å². The normalized spacial score (nSPS) is 16.5. The van der Waals surface area contributed by atoms with Crippen molar-refractivity contribution in [3.8, 4) is 10.6 Å². The summed E-state index contributed by atoms with van der Waals surface area (Å²) in [4.78, 5) is 32.7. The van der Waals surface area contributed by atoms with Crippen molar-refractivity contribution in [1.29, 1.82) is 0 Å². The molecule has 0 aromatic carbocycles. The van der Waals surface area contributed by atoms with Crippen LogP contribution in [0.15, 0.2) is 24.4 Å². The summed E-state index contributed by atoms with van der Waals surface area (Å²) in [5.74, 6) is -0.113. The topological polar surface area (TPSA) is 85.2 Å². The van der Waals surface area contributed by atoms with E-state index in [1.165, 1.54) is 18.4 Å². The summed E-state index contributed by atoms with van der Waals surface area (Å²) in [5, 5.41) is 2.68. The van der Waals surface area contributed by atoms with Gasteiger partial charge in [0.05, 0.1) is 41.8 Å². The van der Waals surface area contributed by atoms with Crippen molar-refractivity contribution in [1.82, 2.24) is 19.6 Å². The number of morpholine rings is 1. The van der Waals surface area contributed by atoms with Crippen LogP contribution < -0.4 is 5.32 Å². The minimum Gasteiger partial charge on any atom is -0.453 e. The van der Waals surface area contributed by atoms with Crippen LogP contribution in [-0.4, -0.2) is 66.2 Å². The van der Waals surface area contributed by atoms with Crippen LogP contribution >= 0.6 is 11.3 Å². The Balaban J connectivity index is 1.82. The lowest BCUT2D eigenvalue weighted by atomic mass is 10.1. The summed E-state index contributed by atoms with van der Waals surface area (Å²) in [6.07, 6.45) is 2.21. The minimum atomic E-state index is -0.353. The number of thiophene rings is 1. The molecule has 1 unspecified atom stereocenters. The van der Waals surface area contributed by atoms with Crippen molar-refractivity contribution in [3.05, 3.63) is 46.1 Å². The molecule has 0 radical (unpaired) electrons. The molecule has 4 heterocycles. The van der Waals surface area contributed by atoms with Crippen molar-refractivity contribution >= 4 is 29.0 Å². The molecule has 4 rings (SSSR count). The van der Waals surface area contributed by atoms with Gasteiger partial charge in [0, 0.05) is 26.2 Å². The van der Waals surface area contributed by atoms with Crippen LogP contribution in [0.3, 0.4) is 0 Å². The maximum Gasteiger partial charge on any atom is 0.409 e. The highest BCUT2D eigenvalue weighted by molar-refractivity contribution is 7.17. The fourth-order valence-electron chi connectivity index (χ4n) is 3.93.